The first kappa shape index (κ1) is 21.2. The topological polar surface area (TPSA) is 69.7 Å². The first-order chi connectivity index (χ1) is 11.9. The van der Waals surface area contributed by atoms with Gasteiger partial charge < -0.3 is 10.2 Å². The molecule has 0 radical (unpaired) electrons. The second-order valence-electron chi connectivity index (χ2n) is 7.01. The predicted octanol–water partition coefficient (Wildman–Crippen LogP) is 2.03. The fourth-order valence-electron chi connectivity index (χ4n) is 3.59. The van der Waals surface area contributed by atoms with Gasteiger partial charge in [-0.2, -0.15) is 4.31 Å². The molecule has 1 amide bonds. The highest BCUT2D eigenvalue weighted by atomic mass is 35.5. The average molecular weight is 402 g/mol. The van der Waals surface area contributed by atoms with Crippen LogP contribution in [0.15, 0.2) is 23.1 Å². The van der Waals surface area contributed by atoms with Crippen LogP contribution in [0.25, 0.3) is 0 Å². The first-order valence-electron chi connectivity index (χ1n) is 9.00. The molecule has 0 aromatic heterocycles. The van der Waals surface area contributed by atoms with Crippen molar-refractivity contribution in [3.05, 3.63) is 29.3 Å². The number of amides is 1. The van der Waals surface area contributed by atoms with E-state index >= 15 is 0 Å². The van der Waals surface area contributed by atoms with E-state index in [-0.39, 0.29) is 29.3 Å². The van der Waals surface area contributed by atoms with Gasteiger partial charge >= 0.3 is 0 Å². The number of hydrogen-bond acceptors (Lipinski definition) is 4. The maximum Gasteiger partial charge on any atom is 0.253 e. The summed E-state index contributed by atoms with van der Waals surface area (Å²) in [7, 11) is -1.75. The monoisotopic (exact) mass is 401 g/mol. The summed E-state index contributed by atoms with van der Waals surface area (Å²) in [5.74, 6) is -0.121. The van der Waals surface area contributed by atoms with E-state index in [0.717, 1.165) is 38.8 Å². The third kappa shape index (κ3) is 4.22. The van der Waals surface area contributed by atoms with Crippen molar-refractivity contribution in [1.29, 1.82) is 0 Å². The Labute approximate surface area is 162 Å². The van der Waals surface area contributed by atoms with Crippen LogP contribution < -0.4 is 5.32 Å². The molecule has 8 heteroatoms. The zero-order valence-corrected chi connectivity index (χ0v) is 17.0. The number of sulfonamides is 1. The van der Waals surface area contributed by atoms with E-state index in [4.69, 9.17) is 0 Å². The van der Waals surface area contributed by atoms with Crippen LogP contribution in [-0.2, 0) is 10.0 Å². The number of carbonyl (C=O) groups excluding carboxylic acids is 1. The Morgan fingerprint density at radius 2 is 1.92 bits per heavy atom. The van der Waals surface area contributed by atoms with E-state index in [2.05, 4.69) is 5.32 Å². The number of carbonyl (C=O) groups is 1. The van der Waals surface area contributed by atoms with Gasteiger partial charge in [0.15, 0.2) is 0 Å². The summed E-state index contributed by atoms with van der Waals surface area (Å²) in [5.41, 5.74) is 1.13. The molecule has 1 atom stereocenters. The van der Waals surface area contributed by atoms with E-state index in [1.54, 1.807) is 41.4 Å². The Balaban J connectivity index is 0.00000243. The lowest BCUT2D eigenvalue weighted by Gasteiger charge is -2.27. The maximum atomic E-state index is 13.0. The molecule has 2 heterocycles. The smallest absolute Gasteiger partial charge is 0.253 e. The van der Waals surface area contributed by atoms with E-state index in [9.17, 15) is 13.2 Å². The molecular formula is C18H28ClN3O3S. The molecular weight excluding hydrogens is 374 g/mol. The molecule has 2 fully saturated rings. The third-order valence-corrected chi connectivity index (χ3v) is 7.31. The molecule has 1 aromatic carbocycles. The van der Waals surface area contributed by atoms with Crippen molar-refractivity contribution < 1.29 is 13.2 Å². The molecule has 0 aliphatic carbocycles. The highest BCUT2D eigenvalue weighted by Crippen LogP contribution is 2.25. The normalized spacial score (nSPS) is 21.2. The van der Waals surface area contributed by atoms with Crippen LogP contribution in [0.1, 0.15) is 41.6 Å². The first-order valence-corrected chi connectivity index (χ1v) is 10.4. The summed E-state index contributed by atoms with van der Waals surface area (Å²) >= 11 is 0. The van der Waals surface area contributed by atoms with Crippen LogP contribution in [0.3, 0.4) is 0 Å². The lowest BCUT2D eigenvalue weighted by molar-refractivity contribution is 0.0743. The molecule has 0 bridgehead atoms. The van der Waals surface area contributed by atoms with Crippen LogP contribution in [-0.4, -0.2) is 62.8 Å². The number of hydrogen-bond donors (Lipinski definition) is 1. The highest BCUT2D eigenvalue weighted by molar-refractivity contribution is 7.89. The van der Waals surface area contributed by atoms with Crippen molar-refractivity contribution in [3.63, 3.8) is 0 Å². The average Bonchev–Trinajstić information content (AvgIpc) is 3.16. The Morgan fingerprint density at radius 3 is 2.54 bits per heavy atom. The summed E-state index contributed by atoms with van der Waals surface area (Å²) in [6, 6.07) is 5.19. The van der Waals surface area contributed by atoms with Crippen molar-refractivity contribution in [2.24, 2.45) is 0 Å². The van der Waals surface area contributed by atoms with Gasteiger partial charge in [-0.1, -0.05) is 12.5 Å². The Bertz CT molecular complexity index is 742. The van der Waals surface area contributed by atoms with Gasteiger partial charge in [0.1, 0.15) is 0 Å². The number of likely N-dealkylation sites (N-methyl/N-ethyl adjacent to an activating group) is 1. The lowest BCUT2D eigenvalue weighted by Crippen LogP contribution is -2.39. The predicted molar refractivity (Wildman–Crippen MR) is 104 cm³/mol. The number of rotatable bonds is 4. The second-order valence-corrected chi connectivity index (χ2v) is 8.91. The fraction of sp³-hybridized carbons (Fsp3) is 0.611. The zero-order chi connectivity index (χ0) is 18.0. The van der Waals surface area contributed by atoms with Gasteiger partial charge in [-0.25, -0.2) is 8.42 Å². The van der Waals surface area contributed by atoms with Crippen molar-refractivity contribution in [2.75, 3.05) is 33.2 Å². The molecule has 1 aromatic rings. The summed E-state index contributed by atoms with van der Waals surface area (Å²) in [6.45, 7) is 4.61. The molecule has 1 N–H and O–H groups in total. The van der Waals surface area contributed by atoms with E-state index in [0.29, 0.717) is 24.2 Å². The minimum atomic E-state index is -3.54. The molecule has 6 nitrogen and oxygen atoms in total. The Morgan fingerprint density at radius 1 is 1.23 bits per heavy atom. The molecule has 146 valence electrons. The number of halogens is 1. The van der Waals surface area contributed by atoms with Crippen molar-refractivity contribution in [1.82, 2.24) is 14.5 Å². The minimum absolute atomic E-state index is 0. The van der Waals surface area contributed by atoms with Gasteiger partial charge in [-0.15, -0.1) is 12.4 Å². The Hall–Kier alpha value is -1.15. The van der Waals surface area contributed by atoms with E-state index in [1.165, 1.54) is 0 Å². The summed E-state index contributed by atoms with van der Waals surface area (Å²) < 4.78 is 27.6. The second kappa shape index (κ2) is 8.69. The highest BCUT2D eigenvalue weighted by Gasteiger charge is 2.29. The maximum absolute atomic E-state index is 13.0. The molecule has 2 aliphatic heterocycles. The summed E-state index contributed by atoms with van der Waals surface area (Å²) in [5, 5.41) is 3.25. The van der Waals surface area contributed by atoms with Gasteiger partial charge in [0, 0.05) is 38.3 Å². The largest absolute Gasteiger partial charge is 0.337 e. The van der Waals surface area contributed by atoms with Crippen molar-refractivity contribution in [2.45, 2.75) is 43.5 Å². The standard InChI is InChI=1S/C18H27N3O3S.ClH/c1-14-6-7-15(18(22)20(2)16-8-9-19-13-16)12-17(14)25(23,24)21-10-4-3-5-11-21;/h6-7,12,16,19H,3-5,8-11,13H2,1-2H3;1H. The van der Waals surface area contributed by atoms with Gasteiger partial charge in [-0.05, 0) is 50.4 Å². The van der Waals surface area contributed by atoms with Crippen LogP contribution in [0, 0.1) is 6.92 Å². The molecule has 26 heavy (non-hydrogen) atoms. The number of piperidine rings is 1. The summed E-state index contributed by atoms with van der Waals surface area (Å²) in [4.78, 5) is 14.8. The molecule has 2 saturated heterocycles. The van der Waals surface area contributed by atoms with E-state index in [1.807, 2.05) is 0 Å². The number of benzene rings is 1. The molecule has 1 unspecified atom stereocenters. The van der Waals surface area contributed by atoms with Gasteiger partial charge in [0.05, 0.1) is 4.90 Å². The fourth-order valence-corrected chi connectivity index (χ4v) is 5.36. The third-order valence-electron chi connectivity index (χ3n) is 5.27. The molecule has 3 rings (SSSR count). The number of aryl methyl sites for hydroxylation is 1. The number of nitrogens with zero attached hydrogens (tertiary/aromatic N) is 2. The van der Waals surface area contributed by atoms with Crippen molar-refractivity contribution in [3.8, 4) is 0 Å². The molecule has 2 aliphatic rings. The van der Waals surface area contributed by atoms with Crippen LogP contribution in [0.5, 0.6) is 0 Å². The van der Waals surface area contributed by atoms with Crippen molar-refractivity contribution >= 4 is 28.3 Å². The molecule has 0 spiro atoms. The van der Waals surface area contributed by atoms with Gasteiger partial charge in [0.25, 0.3) is 5.91 Å². The minimum Gasteiger partial charge on any atom is -0.337 e. The number of nitrogens with one attached hydrogen (secondary N) is 1. The summed E-state index contributed by atoms with van der Waals surface area (Å²) in [6.07, 6.45) is 3.79. The zero-order valence-electron chi connectivity index (χ0n) is 15.4. The quantitative estimate of drug-likeness (QED) is 0.838. The molecule has 0 saturated carbocycles. The van der Waals surface area contributed by atoms with Gasteiger partial charge in [0.2, 0.25) is 10.0 Å². The van der Waals surface area contributed by atoms with Gasteiger partial charge in [-0.3, -0.25) is 4.79 Å². The Kier molecular flexibility index (Phi) is 7.07. The van der Waals surface area contributed by atoms with Crippen LogP contribution in [0.4, 0.5) is 0 Å². The SMILES string of the molecule is Cc1ccc(C(=O)N(C)C2CCNC2)cc1S(=O)(=O)N1CCCCC1.Cl. The van der Waals surface area contributed by atoms with Crippen LogP contribution >= 0.6 is 12.4 Å². The van der Waals surface area contributed by atoms with E-state index < -0.39 is 10.0 Å². The lowest BCUT2D eigenvalue weighted by atomic mass is 10.1. The van der Waals surface area contributed by atoms with Crippen LogP contribution in [0.2, 0.25) is 0 Å².